The number of hydrogen-bond donors (Lipinski definition) is 12. The molecule has 3 unspecified atom stereocenters. The second kappa shape index (κ2) is 41.8. The number of amides is 15. The molecule has 15 N–H and O–H groups in total. The van der Waals surface area contributed by atoms with Gasteiger partial charge >= 0.3 is 24.1 Å². The van der Waals surface area contributed by atoms with E-state index >= 15 is 0 Å². The maximum Gasteiger partial charge on any atom is 0.315 e. The van der Waals surface area contributed by atoms with Crippen molar-refractivity contribution in [1.29, 1.82) is 0 Å². The van der Waals surface area contributed by atoms with Crippen molar-refractivity contribution in [2.45, 2.75) is 366 Å². The molecule has 8 aliphatic carbocycles. The lowest BCUT2D eigenvalue weighted by atomic mass is 9.70. The van der Waals surface area contributed by atoms with Gasteiger partial charge in [-0.2, -0.15) is 0 Å². The van der Waals surface area contributed by atoms with Crippen LogP contribution in [0, 0.1) is 108 Å². The molecule has 8 saturated carbocycles. The number of piperidine rings is 3. The highest BCUT2D eigenvalue weighted by atomic mass is 16.5. The molecule has 11 rings (SSSR count). The Hall–Kier alpha value is -8.56. The number of ketones is 3. The molecule has 133 heavy (non-hydrogen) atoms. The third-order valence-electron chi connectivity index (χ3n) is 31.8. The van der Waals surface area contributed by atoms with Gasteiger partial charge in [-0.05, 0) is 182 Å². The predicted octanol–water partition coefficient (Wildman–Crippen LogP) is 8.32. The molecular weight excluding hydrogens is 1700 g/mol. The lowest BCUT2D eigenvalue weighted by Gasteiger charge is -2.43. The summed E-state index contributed by atoms with van der Waals surface area (Å²) in [6, 6.07) is -10.5. The smallest absolute Gasteiger partial charge is 0.315 e. The van der Waals surface area contributed by atoms with E-state index in [0.29, 0.717) is 64.4 Å². The van der Waals surface area contributed by atoms with Gasteiger partial charge in [0.1, 0.15) is 42.9 Å². The summed E-state index contributed by atoms with van der Waals surface area (Å²) in [7, 11) is 3.19. The molecule has 750 valence electrons. The van der Waals surface area contributed by atoms with Crippen molar-refractivity contribution in [2.24, 2.45) is 125 Å². The first kappa shape index (κ1) is 108. The zero-order valence-corrected chi connectivity index (χ0v) is 84.5. The number of Topliss-reactive ketones (excluding diaryl/α,β-unsaturated/α-hetero) is 3. The summed E-state index contributed by atoms with van der Waals surface area (Å²) >= 11 is 0. The number of fused-ring (bicyclic) bond motifs is 3. The SMILES string of the molecule is CC(C)(C)C(=O)OC[C@@H](NC(=O)N[C@H](C(=O)N1C[C@H]2[C@@H]([C@H]1C(=O)NC(CC1CC1)C(=O)C(N)=O)C2(C)C)C(C)(C)C)C(C)(C)C.COC[C@@H](NC(=O)N[C@H](C(=O)N1C[C@H]2[C@@H]([C@H]1C(=O)NC(CC1CCC1)C(=O)C(N)=O)C2(C)C)C1(C)CCCCC1)C(C)(C)C.COC[C@@](C)(CC(C)C)NC(=O)N[C@H](C(=O)N1C[C@H]2[C@@H]([C@H]1C(=O)NC(CC1CC1)C(=O)C(N)=O)C2(C)C)C1(C)CCCCC1. The van der Waals surface area contributed by atoms with E-state index in [9.17, 15) is 76.7 Å². The van der Waals surface area contributed by atoms with E-state index < -0.39 is 176 Å². The van der Waals surface area contributed by atoms with Crippen LogP contribution in [0.5, 0.6) is 0 Å². The number of urea groups is 3. The Bertz CT molecular complexity index is 4300. The molecule has 34 nitrogen and oxygen atoms in total. The van der Waals surface area contributed by atoms with E-state index in [4.69, 9.17) is 31.4 Å². The molecule has 11 fully saturated rings. The minimum atomic E-state index is -1.10. The molecule has 0 aromatic carbocycles. The lowest BCUT2D eigenvalue weighted by Crippen LogP contribution is -2.64. The van der Waals surface area contributed by atoms with Crippen LogP contribution < -0.4 is 65.1 Å². The normalized spacial score (nSPS) is 26.6. The van der Waals surface area contributed by atoms with Crippen LogP contribution in [0.2, 0.25) is 0 Å². The number of primary amides is 3. The molecular formula is C99H165N15O19. The van der Waals surface area contributed by atoms with Gasteiger partial charge in [0, 0.05) is 33.9 Å². The number of nitrogens with two attached hydrogens (primary N) is 3. The number of nitrogens with one attached hydrogen (secondary N) is 9. The van der Waals surface area contributed by atoms with E-state index in [0.717, 1.165) is 109 Å². The molecule has 11 aliphatic rings. The Morgan fingerprint density at radius 3 is 1.02 bits per heavy atom. The van der Waals surface area contributed by atoms with Gasteiger partial charge in [0.2, 0.25) is 52.8 Å². The number of esters is 1. The number of carbonyl (C=O) groups excluding carboxylic acids is 16. The van der Waals surface area contributed by atoms with Crippen LogP contribution in [0.4, 0.5) is 14.4 Å². The van der Waals surface area contributed by atoms with Crippen molar-refractivity contribution in [3.05, 3.63) is 0 Å². The fourth-order valence-electron chi connectivity index (χ4n) is 22.4. The molecule has 3 aliphatic heterocycles. The average molecular weight is 1870 g/mol. The number of likely N-dealkylation sites (tertiary alicyclic amines) is 3. The van der Waals surface area contributed by atoms with Crippen LogP contribution in [0.3, 0.4) is 0 Å². The fourth-order valence-corrected chi connectivity index (χ4v) is 22.4. The van der Waals surface area contributed by atoms with Gasteiger partial charge in [-0.15, -0.1) is 0 Å². The monoisotopic (exact) mass is 1870 g/mol. The predicted molar refractivity (Wildman–Crippen MR) is 501 cm³/mol. The van der Waals surface area contributed by atoms with Crippen molar-refractivity contribution >= 4 is 94.6 Å². The lowest BCUT2D eigenvalue weighted by molar-refractivity contribution is -0.154. The van der Waals surface area contributed by atoms with Crippen LogP contribution >= 0.6 is 0 Å². The van der Waals surface area contributed by atoms with Crippen molar-refractivity contribution in [3.8, 4) is 0 Å². The zero-order chi connectivity index (χ0) is 99.7. The fraction of sp³-hybridized carbons (Fsp3) is 0.838. The topological polar surface area (TPSA) is 497 Å². The first-order valence-corrected chi connectivity index (χ1v) is 49.1. The summed E-state index contributed by atoms with van der Waals surface area (Å²) in [5.74, 6) is -7.29. The number of carbonyl (C=O) groups is 16. The summed E-state index contributed by atoms with van der Waals surface area (Å²) in [4.78, 5) is 216. The minimum absolute atomic E-state index is 0.0417. The number of methoxy groups -OCH3 is 2. The number of nitrogens with zero attached hydrogens (tertiary/aromatic N) is 3. The molecule has 0 aromatic heterocycles. The number of ether oxygens (including phenoxy) is 3. The summed E-state index contributed by atoms with van der Waals surface area (Å²) in [5.41, 5.74) is 11.7. The Morgan fingerprint density at radius 1 is 0.391 bits per heavy atom. The quantitative estimate of drug-likeness (QED) is 0.0205. The van der Waals surface area contributed by atoms with E-state index in [1.165, 1.54) is 4.90 Å². The largest absolute Gasteiger partial charge is 0.463 e. The molecule has 0 bridgehead atoms. The van der Waals surface area contributed by atoms with Gasteiger partial charge < -0.3 is 94.0 Å². The standard InChI is InChI=1S/C33H55N5O7.2C33H55N5O6/c1-30(2,3)20(16-45-28(43)32(7,8)9)36-29(44)37-24(31(4,5)6)27(42)38-15-18-21(33(18,10)11)22(38)26(41)35-19(14-17-12-13-17)23(39)25(34)40;1-31(2,3)22(18-44-7)36-30(43)37-26(33(6)14-9-8-10-15-33)29(42)38-17-20-23(32(20,4)5)24(38)28(41)35-21(25(39)27(34)40)16-19-12-11-13-19;1-19(2)16-33(6,18-44-7)37-30(43)36-26(32(5)13-9-8-10-14-32)29(42)38-17-21-23(31(21,3)4)24(38)28(41)35-22(15-20-11-12-20)25(39)27(34)40/h17-22,24H,12-16H2,1-11H3,(H2,34,40)(H,35,41)(H2,36,37,44);2*19-24,26H,8-18H2,1-7H3,(H2,34,40)(H,35,41)(H2,36,37,43)/t18-,19?,20+,21-,22-,24+;20-,21?,22+,23-,24-,26+;21-,22?,23-,24-,26+,33+/m000/s1. The minimum Gasteiger partial charge on any atom is -0.463 e. The summed E-state index contributed by atoms with van der Waals surface area (Å²) in [5, 5.41) is 26.4. The molecule has 0 spiro atoms. The van der Waals surface area contributed by atoms with E-state index in [1.807, 2.05) is 83.1 Å². The van der Waals surface area contributed by atoms with Gasteiger partial charge in [0.25, 0.3) is 17.7 Å². The molecule has 18 atom stereocenters. The van der Waals surface area contributed by atoms with E-state index in [-0.39, 0.29) is 99.4 Å². The van der Waals surface area contributed by atoms with Gasteiger partial charge in [-0.25, -0.2) is 14.4 Å². The second-order valence-corrected chi connectivity index (χ2v) is 48.6. The highest BCUT2D eigenvalue weighted by molar-refractivity contribution is 6.39. The first-order valence-electron chi connectivity index (χ1n) is 49.1. The highest BCUT2D eigenvalue weighted by Gasteiger charge is 2.73. The Balaban J connectivity index is 0.000000224. The van der Waals surface area contributed by atoms with Gasteiger partial charge in [0.15, 0.2) is 0 Å². The maximum absolute atomic E-state index is 14.6. The molecule has 3 saturated heterocycles. The van der Waals surface area contributed by atoms with Crippen molar-refractivity contribution in [1.82, 2.24) is 62.6 Å². The van der Waals surface area contributed by atoms with Crippen LogP contribution in [0.15, 0.2) is 0 Å². The Morgan fingerprint density at radius 2 is 0.722 bits per heavy atom. The van der Waals surface area contributed by atoms with Crippen LogP contribution in [0.25, 0.3) is 0 Å². The van der Waals surface area contributed by atoms with Crippen LogP contribution in [-0.4, -0.2) is 235 Å². The molecule has 15 amide bonds. The number of hydrogen-bond acceptors (Lipinski definition) is 19. The Kier molecular flexibility index (Phi) is 34.0. The molecule has 3 heterocycles. The van der Waals surface area contributed by atoms with E-state index in [1.54, 1.807) is 44.8 Å². The van der Waals surface area contributed by atoms with Gasteiger partial charge in [-0.3, -0.25) is 62.3 Å². The van der Waals surface area contributed by atoms with Crippen molar-refractivity contribution in [3.63, 3.8) is 0 Å². The average Bonchev–Trinajstić information content (AvgIpc) is 1.53. The van der Waals surface area contributed by atoms with Crippen LogP contribution in [-0.2, 0) is 76.5 Å². The maximum atomic E-state index is 14.6. The first-order chi connectivity index (χ1) is 61.4. The van der Waals surface area contributed by atoms with Gasteiger partial charge in [-0.1, -0.05) is 215 Å². The highest BCUT2D eigenvalue weighted by Crippen LogP contribution is 2.67. The van der Waals surface area contributed by atoms with Gasteiger partial charge in [0.05, 0.1) is 54.4 Å². The van der Waals surface area contributed by atoms with Crippen molar-refractivity contribution < 1.29 is 90.9 Å². The summed E-state index contributed by atoms with van der Waals surface area (Å²) in [6.07, 6.45) is 17.5. The van der Waals surface area contributed by atoms with Crippen LogP contribution in [0.1, 0.15) is 294 Å². The summed E-state index contributed by atoms with van der Waals surface area (Å²) < 4.78 is 16.3. The third kappa shape index (κ3) is 26.2. The van der Waals surface area contributed by atoms with E-state index in [2.05, 4.69) is 103 Å². The molecule has 0 radical (unpaired) electrons. The number of rotatable bonds is 37. The van der Waals surface area contributed by atoms with Crippen molar-refractivity contribution in [2.75, 3.05) is 53.7 Å². The Labute approximate surface area is 789 Å². The molecule has 34 heteroatoms. The zero-order valence-electron chi connectivity index (χ0n) is 84.5. The second-order valence-electron chi connectivity index (χ2n) is 48.6. The molecule has 0 aromatic rings. The third-order valence-corrected chi connectivity index (χ3v) is 31.8. The summed E-state index contributed by atoms with van der Waals surface area (Å²) in [6.45, 7) is 47.0.